The minimum absolute atomic E-state index is 0.0497. The molecule has 2 rings (SSSR count). The van der Waals surface area contributed by atoms with Crippen LogP contribution in [-0.2, 0) is 21.7 Å². The molecule has 0 fully saturated rings. The number of hydrogen-bond acceptors (Lipinski definition) is 4. The number of benzene rings is 1. The molecule has 122 valence electrons. The van der Waals surface area contributed by atoms with Gasteiger partial charge in [-0.3, -0.25) is 9.59 Å². The van der Waals surface area contributed by atoms with E-state index in [1.165, 1.54) is 11.3 Å². The Labute approximate surface area is 143 Å². The molecule has 0 radical (unpaired) electrons. The van der Waals surface area contributed by atoms with E-state index in [2.05, 4.69) is 10.6 Å². The molecular formula is C16H17ClN2O3S. The highest BCUT2D eigenvalue weighted by Crippen LogP contribution is 2.24. The molecule has 23 heavy (non-hydrogen) atoms. The second-order valence-corrected chi connectivity index (χ2v) is 6.56. The van der Waals surface area contributed by atoms with Gasteiger partial charge in [-0.25, -0.2) is 0 Å². The summed E-state index contributed by atoms with van der Waals surface area (Å²) in [6, 6.07) is 10.6. The fourth-order valence-corrected chi connectivity index (χ4v) is 2.89. The van der Waals surface area contributed by atoms with Crippen molar-refractivity contribution in [3.8, 4) is 0 Å². The largest absolute Gasteiger partial charge is 0.383 e. The van der Waals surface area contributed by atoms with Crippen molar-refractivity contribution >= 4 is 34.8 Å². The lowest BCUT2D eigenvalue weighted by Gasteiger charge is -2.22. The summed E-state index contributed by atoms with van der Waals surface area (Å²) in [4.78, 5) is 24.3. The summed E-state index contributed by atoms with van der Waals surface area (Å²) in [6.07, 6.45) is 0. The molecule has 7 heteroatoms. The first kappa shape index (κ1) is 17.5. The van der Waals surface area contributed by atoms with E-state index in [0.717, 1.165) is 5.56 Å². The van der Waals surface area contributed by atoms with E-state index in [0.29, 0.717) is 9.90 Å². The van der Waals surface area contributed by atoms with Crippen LogP contribution in [-0.4, -0.2) is 23.5 Å². The monoisotopic (exact) mass is 352 g/mol. The van der Waals surface area contributed by atoms with Gasteiger partial charge in [0.1, 0.15) is 5.60 Å². The Morgan fingerprint density at radius 3 is 2.52 bits per heavy atom. The average Bonchev–Trinajstić information content (AvgIpc) is 3.07. The van der Waals surface area contributed by atoms with Gasteiger partial charge in [0.05, 0.1) is 6.54 Å². The van der Waals surface area contributed by atoms with Crippen molar-refractivity contribution in [3.05, 3.63) is 57.2 Å². The number of rotatable bonds is 5. The summed E-state index contributed by atoms with van der Waals surface area (Å²) in [6.45, 7) is 1.69. The van der Waals surface area contributed by atoms with Gasteiger partial charge < -0.3 is 15.7 Å². The molecule has 0 aliphatic heterocycles. The molecule has 1 aromatic carbocycles. The number of carbonyl (C=O) groups excluding carboxylic acids is 2. The van der Waals surface area contributed by atoms with E-state index >= 15 is 0 Å². The van der Waals surface area contributed by atoms with Crippen LogP contribution in [0.2, 0.25) is 5.02 Å². The number of aliphatic hydroxyl groups is 1. The van der Waals surface area contributed by atoms with Gasteiger partial charge >= 0.3 is 11.8 Å². The SMILES string of the molecule is C[C@@](O)(CNC(=O)C(=O)NCc1ccccc1Cl)c1cccs1. The van der Waals surface area contributed by atoms with Gasteiger partial charge in [-0.1, -0.05) is 35.9 Å². The van der Waals surface area contributed by atoms with Crippen LogP contribution < -0.4 is 10.6 Å². The summed E-state index contributed by atoms with van der Waals surface area (Å²) < 4.78 is 0. The molecule has 0 saturated carbocycles. The smallest absolute Gasteiger partial charge is 0.309 e. The molecule has 2 aromatic rings. The molecule has 0 bridgehead atoms. The van der Waals surface area contributed by atoms with Crippen molar-refractivity contribution in [2.75, 3.05) is 6.54 Å². The van der Waals surface area contributed by atoms with Gasteiger partial charge in [0.2, 0.25) is 0 Å². The van der Waals surface area contributed by atoms with Gasteiger partial charge in [-0.2, -0.15) is 0 Å². The molecule has 5 nitrogen and oxygen atoms in total. The summed E-state index contributed by atoms with van der Waals surface area (Å²) in [5.41, 5.74) is -0.492. The Balaban J connectivity index is 1.84. The Bertz CT molecular complexity index is 686. The van der Waals surface area contributed by atoms with Crippen LogP contribution >= 0.6 is 22.9 Å². The first-order valence-electron chi connectivity index (χ1n) is 6.96. The zero-order valence-electron chi connectivity index (χ0n) is 12.5. The number of thiophene rings is 1. The van der Waals surface area contributed by atoms with E-state index in [1.807, 2.05) is 11.4 Å². The van der Waals surface area contributed by atoms with Crippen molar-refractivity contribution < 1.29 is 14.7 Å². The van der Waals surface area contributed by atoms with E-state index in [-0.39, 0.29) is 13.1 Å². The summed E-state index contributed by atoms with van der Waals surface area (Å²) in [7, 11) is 0. The van der Waals surface area contributed by atoms with Gasteiger partial charge in [0.15, 0.2) is 0 Å². The van der Waals surface area contributed by atoms with E-state index < -0.39 is 17.4 Å². The summed E-state index contributed by atoms with van der Waals surface area (Å²) >= 11 is 7.36. The third kappa shape index (κ3) is 4.79. The van der Waals surface area contributed by atoms with Crippen molar-refractivity contribution in [2.24, 2.45) is 0 Å². The van der Waals surface area contributed by atoms with Crippen LogP contribution in [0.1, 0.15) is 17.4 Å². The standard InChI is InChI=1S/C16H17ClN2O3S/c1-16(22,13-7-4-8-23-13)10-19-15(21)14(20)18-9-11-5-2-3-6-12(11)17/h2-8,22H,9-10H2,1H3,(H,18,20)(H,19,21)/t16-/m1/s1. The zero-order chi connectivity index (χ0) is 16.9. The molecule has 3 N–H and O–H groups in total. The highest BCUT2D eigenvalue weighted by atomic mass is 35.5. The predicted molar refractivity (Wildman–Crippen MR) is 90.2 cm³/mol. The maximum atomic E-state index is 11.8. The van der Waals surface area contributed by atoms with E-state index in [4.69, 9.17) is 11.6 Å². The van der Waals surface area contributed by atoms with Crippen LogP contribution in [0.3, 0.4) is 0 Å². The highest BCUT2D eigenvalue weighted by molar-refractivity contribution is 7.10. The molecule has 1 heterocycles. The quantitative estimate of drug-likeness (QED) is 0.720. The Morgan fingerprint density at radius 2 is 1.87 bits per heavy atom. The lowest BCUT2D eigenvalue weighted by molar-refractivity contribution is -0.139. The molecule has 1 aromatic heterocycles. The topological polar surface area (TPSA) is 78.4 Å². The van der Waals surface area contributed by atoms with E-state index in [9.17, 15) is 14.7 Å². The predicted octanol–water partition coefficient (Wildman–Crippen LogP) is 2.04. The zero-order valence-corrected chi connectivity index (χ0v) is 14.1. The summed E-state index contributed by atoms with van der Waals surface area (Å²) in [5, 5.41) is 17.6. The van der Waals surface area contributed by atoms with Crippen molar-refractivity contribution in [2.45, 2.75) is 19.1 Å². The minimum atomic E-state index is -1.22. The summed E-state index contributed by atoms with van der Waals surface area (Å²) in [5.74, 6) is -1.57. The second kappa shape index (κ2) is 7.59. The van der Waals surface area contributed by atoms with Gasteiger partial charge in [0, 0.05) is 16.4 Å². The molecule has 2 amide bonds. The third-order valence-electron chi connectivity index (χ3n) is 3.25. The van der Waals surface area contributed by atoms with Crippen LogP contribution in [0, 0.1) is 0 Å². The average molecular weight is 353 g/mol. The fourth-order valence-electron chi connectivity index (χ4n) is 1.90. The lowest BCUT2D eigenvalue weighted by Crippen LogP contribution is -2.45. The first-order chi connectivity index (χ1) is 10.9. The normalized spacial score (nSPS) is 13.2. The number of carbonyl (C=O) groups is 2. The lowest BCUT2D eigenvalue weighted by atomic mass is 10.1. The maximum absolute atomic E-state index is 11.8. The van der Waals surface area contributed by atoms with Crippen molar-refractivity contribution in [1.29, 1.82) is 0 Å². The van der Waals surface area contributed by atoms with Crippen LogP contribution in [0.4, 0.5) is 0 Å². The number of amides is 2. The molecule has 0 unspecified atom stereocenters. The molecule has 0 saturated heterocycles. The molecular weight excluding hydrogens is 336 g/mol. The Morgan fingerprint density at radius 1 is 1.17 bits per heavy atom. The van der Waals surface area contributed by atoms with Gasteiger partial charge in [-0.05, 0) is 30.0 Å². The Kier molecular flexibility index (Phi) is 5.76. The van der Waals surface area contributed by atoms with E-state index in [1.54, 1.807) is 37.3 Å². The van der Waals surface area contributed by atoms with Crippen LogP contribution in [0.25, 0.3) is 0 Å². The maximum Gasteiger partial charge on any atom is 0.309 e. The van der Waals surface area contributed by atoms with Crippen molar-refractivity contribution in [1.82, 2.24) is 10.6 Å². The van der Waals surface area contributed by atoms with Crippen LogP contribution in [0.5, 0.6) is 0 Å². The van der Waals surface area contributed by atoms with Gasteiger partial charge in [-0.15, -0.1) is 11.3 Å². The number of halogens is 1. The first-order valence-corrected chi connectivity index (χ1v) is 8.22. The molecule has 1 atom stereocenters. The molecule has 0 aliphatic rings. The fraction of sp³-hybridized carbons (Fsp3) is 0.250. The highest BCUT2D eigenvalue weighted by Gasteiger charge is 2.26. The minimum Gasteiger partial charge on any atom is -0.383 e. The van der Waals surface area contributed by atoms with Crippen molar-refractivity contribution in [3.63, 3.8) is 0 Å². The number of nitrogens with one attached hydrogen (secondary N) is 2. The second-order valence-electron chi connectivity index (χ2n) is 5.21. The molecule has 0 aliphatic carbocycles. The van der Waals surface area contributed by atoms with Crippen LogP contribution in [0.15, 0.2) is 41.8 Å². The number of hydrogen-bond donors (Lipinski definition) is 3. The Hall–Kier alpha value is -1.89. The van der Waals surface area contributed by atoms with Gasteiger partial charge in [0.25, 0.3) is 0 Å². The third-order valence-corrected chi connectivity index (χ3v) is 4.74. The molecule has 0 spiro atoms.